The van der Waals surface area contributed by atoms with Crippen molar-refractivity contribution in [3.63, 3.8) is 0 Å². The molecule has 2 aromatic carbocycles. The molecular formula is C19H15F4N3O2S. The third kappa shape index (κ3) is 4.94. The van der Waals surface area contributed by atoms with E-state index >= 15 is 0 Å². The van der Waals surface area contributed by atoms with Crippen LogP contribution in [-0.2, 0) is 4.79 Å². The summed E-state index contributed by atoms with van der Waals surface area (Å²) >= 11 is 0.837. The first-order valence-corrected chi connectivity index (χ1v) is 9.35. The maximum atomic E-state index is 13.3. The van der Waals surface area contributed by atoms with E-state index < -0.39 is 30.0 Å². The van der Waals surface area contributed by atoms with Gasteiger partial charge in [-0.15, -0.1) is 0 Å². The lowest BCUT2D eigenvalue weighted by molar-refractivity contribution is -0.156. The summed E-state index contributed by atoms with van der Waals surface area (Å²) in [6.45, 7) is -1.37. The highest BCUT2D eigenvalue weighted by Crippen LogP contribution is 2.23. The summed E-state index contributed by atoms with van der Waals surface area (Å²) in [6, 6.07) is 11.7. The van der Waals surface area contributed by atoms with Crippen LogP contribution in [0.1, 0.15) is 0 Å². The highest BCUT2D eigenvalue weighted by Gasteiger charge is 2.31. The Balaban J connectivity index is 1.98. The third-order valence-electron chi connectivity index (χ3n) is 4.00. The zero-order valence-electron chi connectivity index (χ0n) is 15.1. The Hall–Kier alpha value is -2.88. The molecule has 0 unspecified atom stereocenters. The summed E-state index contributed by atoms with van der Waals surface area (Å²) < 4.78 is 52.0. The normalized spacial score (nSPS) is 11.6. The molecule has 0 fully saturated rings. The first-order valence-electron chi connectivity index (χ1n) is 8.37. The van der Waals surface area contributed by atoms with Crippen LogP contribution in [0.3, 0.4) is 0 Å². The van der Waals surface area contributed by atoms with Gasteiger partial charge in [0.05, 0.1) is 22.3 Å². The number of amides is 1. The molecule has 0 saturated heterocycles. The Morgan fingerprint density at radius 3 is 2.45 bits per heavy atom. The molecule has 29 heavy (non-hydrogen) atoms. The van der Waals surface area contributed by atoms with Crippen LogP contribution < -0.4 is 5.56 Å². The van der Waals surface area contributed by atoms with Crippen LogP contribution in [0.4, 0.5) is 17.6 Å². The first kappa shape index (κ1) is 20.8. The Kier molecular flexibility index (Phi) is 5.92. The van der Waals surface area contributed by atoms with Crippen molar-refractivity contribution >= 4 is 28.6 Å². The number of benzene rings is 2. The van der Waals surface area contributed by atoms with Crippen molar-refractivity contribution in [3.05, 3.63) is 64.7 Å². The molecule has 0 aliphatic carbocycles. The van der Waals surface area contributed by atoms with Crippen molar-refractivity contribution in [2.45, 2.75) is 11.3 Å². The SMILES string of the molecule is CN(CC(F)(F)F)C(=O)CSc1nc2ccccc2c(=O)n1-c1ccc(F)cc1. The fraction of sp³-hybridized carbons (Fsp3) is 0.211. The molecule has 0 spiro atoms. The standard InChI is InChI=1S/C19H15F4N3O2S/c1-25(11-19(21,22)23)16(27)10-29-18-24-15-5-3-2-4-14(15)17(28)26(18)13-8-6-12(20)7-9-13/h2-9H,10-11H2,1H3. The van der Waals surface area contributed by atoms with Crippen LogP contribution in [0, 0.1) is 5.82 Å². The smallest absolute Gasteiger partial charge is 0.336 e. The molecule has 0 N–H and O–H groups in total. The number of para-hydroxylation sites is 1. The molecule has 3 rings (SSSR count). The summed E-state index contributed by atoms with van der Waals surface area (Å²) in [6.07, 6.45) is -4.51. The summed E-state index contributed by atoms with van der Waals surface area (Å²) in [5.74, 6) is -1.60. The van der Waals surface area contributed by atoms with Gasteiger partial charge in [0, 0.05) is 7.05 Å². The van der Waals surface area contributed by atoms with Gasteiger partial charge in [-0.05, 0) is 36.4 Å². The predicted octanol–water partition coefficient (Wildman–Crippen LogP) is 3.64. The van der Waals surface area contributed by atoms with E-state index in [9.17, 15) is 27.2 Å². The number of carbonyl (C=O) groups excluding carboxylic acids is 1. The topological polar surface area (TPSA) is 55.2 Å². The fourth-order valence-corrected chi connectivity index (χ4v) is 3.57. The minimum Gasteiger partial charge on any atom is -0.336 e. The lowest BCUT2D eigenvalue weighted by atomic mass is 10.2. The van der Waals surface area contributed by atoms with Crippen molar-refractivity contribution in [1.82, 2.24) is 14.5 Å². The number of thioether (sulfide) groups is 1. The molecule has 1 amide bonds. The highest BCUT2D eigenvalue weighted by molar-refractivity contribution is 7.99. The Labute approximate surface area is 167 Å². The van der Waals surface area contributed by atoms with Crippen molar-refractivity contribution in [1.29, 1.82) is 0 Å². The van der Waals surface area contributed by atoms with Gasteiger partial charge in [0.2, 0.25) is 5.91 Å². The van der Waals surface area contributed by atoms with E-state index in [1.807, 2.05) is 0 Å². The van der Waals surface area contributed by atoms with E-state index in [2.05, 4.69) is 4.98 Å². The van der Waals surface area contributed by atoms with Gasteiger partial charge in [0.25, 0.3) is 5.56 Å². The van der Waals surface area contributed by atoms with Crippen LogP contribution in [-0.4, -0.2) is 45.9 Å². The van der Waals surface area contributed by atoms with Gasteiger partial charge < -0.3 is 4.90 Å². The molecule has 3 aromatic rings. The number of aromatic nitrogens is 2. The fourth-order valence-electron chi connectivity index (χ4n) is 2.62. The van der Waals surface area contributed by atoms with Crippen molar-refractivity contribution in [3.8, 4) is 5.69 Å². The Morgan fingerprint density at radius 2 is 1.79 bits per heavy atom. The summed E-state index contributed by atoms with van der Waals surface area (Å²) in [5, 5.41) is 0.441. The number of rotatable bonds is 5. The van der Waals surface area contributed by atoms with Crippen molar-refractivity contribution < 1.29 is 22.4 Å². The quantitative estimate of drug-likeness (QED) is 0.356. The second-order valence-corrected chi connectivity index (χ2v) is 7.12. The number of hydrogen-bond donors (Lipinski definition) is 0. The van der Waals surface area contributed by atoms with Gasteiger partial charge in [-0.3, -0.25) is 14.2 Å². The molecular weight excluding hydrogens is 410 g/mol. The molecule has 152 valence electrons. The number of nitrogens with zero attached hydrogens (tertiary/aromatic N) is 3. The molecule has 0 aliphatic heterocycles. The zero-order valence-corrected chi connectivity index (χ0v) is 15.9. The Morgan fingerprint density at radius 1 is 1.14 bits per heavy atom. The number of alkyl halides is 3. The van der Waals surface area contributed by atoms with Crippen LogP contribution >= 0.6 is 11.8 Å². The van der Waals surface area contributed by atoms with Crippen molar-refractivity contribution in [2.24, 2.45) is 0 Å². The molecule has 1 aromatic heterocycles. The van der Waals surface area contributed by atoms with E-state index in [0.717, 1.165) is 18.8 Å². The molecule has 0 aliphatic rings. The van der Waals surface area contributed by atoms with E-state index in [4.69, 9.17) is 0 Å². The lowest BCUT2D eigenvalue weighted by Crippen LogP contribution is -2.37. The molecule has 0 atom stereocenters. The maximum absolute atomic E-state index is 13.3. The van der Waals surface area contributed by atoms with Crippen molar-refractivity contribution in [2.75, 3.05) is 19.3 Å². The van der Waals surface area contributed by atoms with Crippen LogP contribution in [0.2, 0.25) is 0 Å². The second-order valence-electron chi connectivity index (χ2n) is 6.18. The van der Waals surface area contributed by atoms with Gasteiger partial charge in [0.15, 0.2) is 5.16 Å². The number of halogens is 4. The summed E-state index contributed by atoms with van der Waals surface area (Å²) in [7, 11) is 1.05. The first-order chi connectivity index (χ1) is 13.7. The average Bonchev–Trinajstić information content (AvgIpc) is 2.66. The molecule has 5 nitrogen and oxygen atoms in total. The highest BCUT2D eigenvalue weighted by atomic mass is 32.2. The number of hydrogen-bond acceptors (Lipinski definition) is 4. The van der Waals surface area contributed by atoms with Crippen LogP contribution in [0.25, 0.3) is 16.6 Å². The monoisotopic (exact) mass is 425 g/mol. The lowest BCUT2D eigenvalue weighted by Gasteiger charge is -2.19. The van der Waals surface area contributed by atoms with E-state index in [0.29, 0.717) is 21.5 Å². The molecule has 0 radical (unpaired) electrons. The molecule has 0 bridgehead atoms. The largest absolute Gasteiger partial charge is 0.406 e. The molecule has 1 heterocycles. The minimum atomic E-state index is -4.51. The Bertz CT molecular complexity index is 1100. The van der Waals surface area contributed by atoms with Gasteiger partial charge in [-0.2, -0.15) is 13.2 Å². The predicted molar refractivity (Wildman–Crippen MR) is 102 cm³/mol. The minimum absolute atomic E-state index is 0.120. The number of carbonyl (C=O) groups is 1. The third-order valence-corrected chi connectivity index (χ3v) is 4.92. The summed E-state index contributed by atoms with van der Waals surface area (Å²) in [4.78, 5) is 30.0. The van der Waals surface area contributed by atoms with Gasteiger partial charge >= 0.3 is 6.18 Å². The maximum Gasteiger partial charge on any atom is 0.406 e. The summed E-state index contributed by atoms with van der Waals surface area (Å²) in [5.41, 5.74) is 0.281. The van der Waals surface area contributed by atoms with Crippen LogP contribution in [0.5, 0.6) is 0 Å². The van der Waals surface area contributed by atoms with Gasteiger partial charge in [0.1, 0.15) is 12.4 Å². The van der Waals surface area contributed by atoms with E-state index in [1.165, 1.54) is 28.8 Å². The van der Waals surface area contributed by atoms with Gasteiger partial charge in [-0.1, -0.05) is 23.9 Å². The molecule has 0 saturated carbocycles. The van der Waals surface area contributed by atoms with E-state index in [1.54, 1.807) is 24.3 Å². The number of fused-ring (bicyclic) bond motifs is 1. The van der Waals surface area contributed by atoms with Crippen LogP contribution in [0.15, 0.2) is 58.5 Å². The van der Waals surface area contributed by atoms with E-state index in [-0.39, 0.29) is 10.9 Å². The molecule has 10 heteroatoms. The second kappa shape index (κ2) is 8.24. The average molecular weight is 425 g/mol. The van der Waals surface area contributed by atoms with Gasteiger partial charge in [-0.25, -0.2) is 9.37 Å². The zero-order chi connectivity index (χ0) is 21.2.